The lowest BCUT2D eigenvalue weighted by atomic mass is 10.1. The zero-order valence-corrected chi connectivity index (χ0v) is 14.0. The Labute approximate surface area is 139 Å². The summed E-state index contributed by atoms with van der Waals surface area (Å²) in [6.45, 7) is 1.23. The molecule has 0 saturated carbocycles. The number of fused-ring (bicyclic) bond motifs is 1. The van der Waals surface area contributed by atoms with Gasteiger partial charge in [0.05, 0.1) is 11.3 Å². The molecule has 0 fully saturated rings. The largest absolute Gasteiger partial charge is 0.397 e. The van der Waals surface area contributed by atoms with Crippen LogP contribution in [-0.4, -0.2) is 31.4 Å². The minimum absolute atomic E-state index is 0.134. The number of nitrogens with one attached hydrogen (secondary N) is 2. The van der Waals surface area contributed by atoms with Crippen molar-refractivity contribution in [2.75, 3.05) is 31.7 Å². The molecule has 0 aliphatic carbocycles. The molecule has 6 heteroatoms. The van der Waals surface area contributed by atoms with Crippen molar-refractivity contribution >= 4 is 33.6 Å². The molecule has 4 N–H and O–H groups in total. The van der Waals surface area contributed by atoms with Crippen LogP contribution < -0.4 is 16.4 Å². The van der Waals surface area contributed by atoms with Gasteiger partial charge in [-0.15, -0.1) is 11.3 Å². The van der Waals surface area contributed by atoms with Gasteiger partial charge in [0, 0.05) is 32.9 Å². The zero-order valence-electron chi connectivity index (χ0n) is 13.2. The number of hydrogen-bond acceptors (Lipinski definition) is 5. The van der Waals surface area contributed by atoms with Gasteiger partial charge in [0.2, 0.25) is 0 Å². The van der Waals surface area contributed by atoms with Gasteiger partial charge in [-0.1, -0.05) is 30.3 Å². The summed E-state index contributed by atoms with van der Waals surface area (Å²) in [7, 11) is 3.96. The number of rotatable bonds is 4. The average molecular weight is 328 g/mol. The fraction of sp³-hybridized carbons (Fsp3) is 0.235. The molecule has 5 nitrogen and oxygen atoms in total. The molecule has 1 aromatic carbocycles. The molecule has 1 amide bonds. The Balaban J connectivity index is 1.81. The number of nitrogen functional groups attached to an aromatic ring is 1. The highest BCUT2D eigenvalue weighted by Crippen LogP contribution is 2.42. The van der Waals surface area contributed by atoms with Crippen molar-refractivity contribution in [2.24, 2.45) is 0 Å². The molecule has 1 aliphatic rings. The summed E-state index contributed by atoms with van der Waals surface area (Å²) >= 11 is 1.41. The van der Waals surface area contributed by atoms with Gasteiger partial charge in [-0.05, 0) is 11.6 Å². The van der Waals surface area contributed by atoms with Crippen LogP contribution in [0.2, 0.25) is 0 Å². The summed E-state index contributed by atoms with van der Waals surface area (Å²) < 4.78 is 0. The second kappa shape index (κ2) is 6.34. The van der Waals surface area contributed by atoms with Crippen LogP contribution in [0.5, 0.6) is 0 Å². The molecule has 2 aromatic rings. The summed E-state index contributed by atoms with van der Waals surface area (Å²) in [5.74, 6) is -0.134. The fourth-order valence-corrected chi connectivity index (χ4v) is 3.65. The molecule has 0 saturated heterocycles. The van der Waals surface area contributed by atoms with Crippen LogP contribution in [0.3, 0.4) is 0 Å². The number of carbonyl (C=O) groups excluding carboxylic acids is 1. The van der Waals surface area contributed by atoms with Crippen LogP contribution in [0.1, 0.15) is 20.8 Å². The lowest BCUT2D eigenvalue weighted by Crippen LogP contribution is -2.23. The van der Waals surface area contributed by atoms with Crippen LogP contribution in [-0.2, 0) is 6.54 Å². The van der Waals surface area contributed by atoms with Crippen molar-refractivity contribution in [3.63, 3.8) is 0 Å². The van der Waals surface area contributed by atoms with Crippen LogP contribution in [0.15, 0.2) is 36.4 Å². The minimum Gasteiger partial charge on any atom is -0.397 e. The van der Waals surface area contributed by atoms with Crippen LogP contribution in [0, 0.1) is 0 Å². The van der Waals surface area contributed by atoms with Crippen LogP contribution in [0.25, 0.3) is 5.70 Å². The first-order valence-electron chi connectivity index (χ1n) is 7.44. The quantitative estimate of drug-likeness (QED) is 0.807. The Kier molecular flexibility index (Phi) is 4.25. The molecule has 0 bridgehead atoms. The maximum Gasteiger partial charge on any atom is 0.263 e. The third-order valence-corrected chi connectivity index (χ3v) is 4.91. The molecular formula is C17H20N4OS. The summed E-state index contributed by atoms with van der Waals surface area (Å²) in [6, 6.07) is 9.84. The molecule has 1 aliphatic heterocycles. The van der Waals surface area contributed by atoms with Crippen molar-refractivity contribution < 1.29 is 4.79 Å². The van der Waals surface area contributed by atoms with Gasteiger partial charge in [-0.3, -0.25) is 4.79 Å². The molecular weight excluding hydrogens is 308 g/mol. The van der Waals surface area contributed by atoms with Gasteiger partial charge >= 0.3 is 0 Å². The molecule has 2 heterocycles. The molecule has 0 spiro atoms. The van der Waals surface area contributed by atoms with Crippen molar-refractivity contribution in [1.29, 1.82) is 0 Å². The SMILES string of the molecule is CN(C)C1=CCNc2sc(C(=O)NCc3ccccc3)c(N)c21. The molecule has 23 heavy (non-hydrogen) atoms. The van der Waals surface area contributed by atoms with E-state index in [0.717, 1.165) is 28.4 Å². The Bertz CT molecular complexity index is 749. The topological polar surface area (TPSA) is 70.4 Å². The number of amides is 1. The first-order valence-corrected chi connectivity index (χ1v) is 8.25. The maximum absolute atomic E-state index is 12.5. The minimum atomic E-state index is -0.134. The van der Waals surface area contributed by atoms with Crippen LogP contribution >= 0.6 is 11.3 Å². The van der Waals surface area contributed by atoms with Crippen molar-refractivity contribution in [2.45, 2.75) is 6.54 Å². The van der Waals surface area contributed by atoms with E-state index in [-0.39, 0.29) is 5.91 Å². The summed E-state index contributed by atoms with van der Waals surface area (Å²) in [4.78, 5) is 15.1. The van der Waals surface area contributed by atoms with Crippen molar-refractivity contribution in [3.05, 3.63) is 52.4 Å². The number of anilines is 2. The van der Waals surface area contributed by atoms with E-state index in [0.29, 0.717) is 17.1 Å². The molecule has 0 radical (unpaired) electrons. The molecule has 120 valence electrons. The van der Waals surface area contributed by atoms with Gasteiger partial charge in [0.1, 0.15) is 9.88 Å². The van der Waals surface area contributed by atoms with E-state index in [4.69, 9.17) is 5.73 Å². The fourth-order valence-electron chi connectivity index (χ4n) is 2.60. The summed E-state index contributed by atoms with van der Waals surface area (Å²) in [5.41, 5.74) is 9.85. The monoisotopic (exact) mass is 328 g/mol. The van der Waals surface area contributed by atoms with E-state index < -0.39 is 0 Å². The van der Waals surface area contributed by atoms with E-state index in [9.17, 15) is 4.79 Å². The molecule has 0 unspecified atom stereocenters. The molecule has 3 rings (SSSR count). The lowest BCUT2D eigenvalue weighted by Gasteiger charge is -2.22. The summed E-state index contributed by atoms with van der Waals surface area (Å²) in [6.07, 6.45) is 2.08. The van der Waals surface area contributed by atoms with E-state index in [1.54, 1.807) is 0 Å². The van der Waals surface area contributed by atoms with Gasteiger partial charge in [-0.25, -0.2) is 0 Å². The average Bonchev–Trinajstić information content (AvgIpc) is 2.90. The number of thiophene rings is 1. The highest BCUT2D eigenvalue weighted by atomic mass is 32.1. The first kappa shape index (κ1) is 15.4. The highest BCUT2D eigenvalue weighted by molar-refractivity contribution is 7.19. The molecule has 0 atom stereocenters. The maximum atomic E-state index is 12.5. The van der Waals surface area contributed by atoms with Gasteiger partial charge < -0.3 is 21.3 Å². The second-order valence-corrected chi connectivity index (χ2v) is 6.60. The number of nitrogens with two attached hydrogens (primary N) is 1. The standard InChI is InChI=1S/C17H20N4OS/c1-21(2)12-8-9-19-17-13(12)14(18)15(23-17)16(22)20-10-11-6-4-3-5-7-11/h3-8,19H,9-10,18H2,1-2H3,(H,20,22). The third-order valence-electron chi connectivity index (χ3n) is 3.74. The van der Waals surface area contributed by atoms with Crippen molar-refractivity contribution in [3.8, 4) is 0 Å². The smallest absolute Gasteiger partial charge is 0.263 e. The molecule has 1 aromatic heterocycles. The van der Waals surface area contributed by atoms with Gasteiger partial charge in [0.15, 0.2) is 0 Å². The Morgan fingerprint density at radius 1 is 1.35 bits per heavy atom. The third kappa shape index (κ3) is 3.03. The second-order valence-electron chi connectivity index (χ2n) is 5.58. The predicted octanol–water partition coefficient (Wildman–Crippen LogP) is 2.59. The zero-order chi connectivity index (χ0) is 16.4. The van der Waals surface area contributed by atoms with Gasteiger partial charge in [-0.2, -0.15) is 0 Å². The Morgan fingerprint density at radius 3 is 2.78 bits per heavy atom. The van der Waals surface area contributed by atoms with E-state index >= 15 is 0 Å². The van der Waals surface area contributed by atoms with E-state index in [1.165, 1.54) is 11.3 Å². The first-order chi connectivity index (χ1) is 11.1. The van der Waals surface area contributed by atoms with Gasteiger partial charge in [0.25, 0.3) is 5.91 Å². The Morgan fingerprint density at radius 2 is 2.09 bits per heavy atom. The number of nitrogens with zero attached hydrogens (tertiary/aromatic N) is 1. The number of carbonyl (C=O) groups is 1. The van der Waals surface area contributed by atoms with Crippen LogP contribution in [0.4, 0.5) is 10.7 Å². The summed E-state index contributed by atoms with van der Waals surface area (Å²) in [5, 5.41) is 7.19. The van der Waals surface area contributed by atoms with Crippen molar-refractivity contribution in [1.82, 2.24) is 10.2 Å². The normalized spacial score (nSPS) is 12.9. The number of benzene rings is 1. The van der Waals surface area contributed by atoms with E-state index in [2.05, 4.69) is 16.7 Å². The van der Waals surface area contributed by atoms with E-state index in [1.807, 2.05) is 49.3 Å². The lowest BCUT2D eigenvalue weighted by molar-refractivity contribution is 0.0956. The predicted molar refractivity (Wildman–Crippen MR) is 96.5 cm³/mol. The number of hydrogen-bond donors (Lipinski definition) is 3. The Hall–Kier alpha value is -2.47. The highest BCUT2D eigenvalue weighted by Gasteiger charge is 2.25.